The molecule has 0 saturated heterocycles. The molecule has 1 N–H and O–H groups in total. The highest BCUT2D eigenvalue weighted by atomic mass is 79.9. The summed E-state index contributed by atoms with van der Waals surface area (Å²) in [6.45, 7) is 17.1. The van der Waals surface area contributed by atoms with Gasteiger partial charge in [-0.2, -0.15) is 0 Å². The van der Waals surface area contributed by atoms with Gasteiger partial charge in [-0.3, -0.25) is 0 Å². The molecule has 5 heteroatoms. The number of phenols is 1. The van der Waals surface area contributed by atoms with Crippen LogP contribution in [-0.2, 0) is 10.8 Å². The van der Waals surface area contributed by atoms with E-state index >= 15 is 0 Å². The predicted molar refractivity (Wildman–Crippen MR) is 116 cm³/mol. The van der Waals surface area contributed by atoms with E-state index in [1.54, 1.807) is 6.08 Å². The average Bonchev–Trinajstić information content (AvgIpc) is 2.49. The molecular weight excluding hydrogens is 460 g/mol. The Morgan fingerprint density at radius 2 is 1.80 bits per heavy atom. The van der Waals surface area contributed by atoms with Gasteiger partial charge in [0.05, 0.1) is 8.95 Å². The van der Waals surface area contributed by atoms with E-state index in [9.17, 15) is 5.11 Å². The lowest BCUT2D eigenvalue weighted by atomic mass is 9.85. The molecule has 2 nitrogen and oxygen atoms in total. The smallest absolute Gasteiger partial charge is 0.194 e. The van der Waals surface area contributed by atoms with Crippen molar-refractivity contribution >= 4 is 40.2 Å². The summed E-state index contributed by atoms with van der Waals surface area (Å²) in [5.74, 6) is 3.11. The van der Waals surface area contributed by atoms with Crippen molar-refractivity contribution in [1.29, 1.82) is 0 Å². The lowest BCUT2D eigenvalue weighted by Gasteiger charge is -2.44. The maximum atomic E-state index is 9.90. The molecule has 0 heterocycles. The van der Waals surface area contributed by atoms with Gasteiger partial charge in [0.15, 0.2) is 8.32 Å². The summed E-state index contributed by atoms with van der Waals surface area (Å²) in [6, 6.07) is 3.82. The largest absolute Gasteiger partial charge is 0.506 e. The van der Waals surface area contributed by atoms with Crippen LogP contribution in [0.1, 0.15) is 33.3 Å². The second kappa shape index (κ2) is 8.00. The van der Waals surface area contributed by atoms with Crippen molar-refractivity contribution < 1.29 is 9.53 Å². The van der Waals surface area contributed by atoms with Crippen LogP contribution in [0.5, 0.6) is 5.75 Å². The minimum atomic E-state index is -2.07. The second-order valence-corrected chi connectivity index (χ2v) is 14.5. The van der Waals surface area contributed by atoms with Crippen LogP contribution in [0.2, 0.25) is 18.1 Å². The molecule has 0 aromatic heterocycles. The zero-order chi connectivity index (χ0) is 19.6. The third kappa shape index (κ3) is 5.00. The standard InChI is InChI=1S/C20H28Br2O2Si/c1-9-20(10-2,24-25(7,8)19(4,5)6)14(3)11-15-12-16(21)18(23)17(22)13-15/h1,10,12-14,23H,2,11H2,3-8H3. The Morgan fingerprint density at radius 3 is 2.16 bits per heavy atom. The van der Waals surface area contributed by atoms with Crippen molar-refractivity contribution in [2.75, 3.05) is 0 Å². The minimum absolute atomic E-state index is 0.0347. The lowest BCUT2D eigenvalue weighted by molar-refractivity contribution is 0.104. The maximum absolute atomic E-state index is 9.90. The van der Waals surface area contributed by atoms with Gasteiger partial charge in [0.25, 0.3) is 0 Å². The first-order chi connectivity index (χ1) is 11.3. The molecule has 1 aromatic rings. The summed E-state index contributed by atoms with van der Waals surface area (Å²) in [6.07, 6.45) is 8.40. The zero-order valence-electron chi connectivity index (χ0n) is 15.9. The molecule has 2 unspecified atom stereocenters. The van der Waals surface area contributed by atoms with E-state index in [0.717, 1.165) is 5.56 Å². The van der Waals surface area contributed by atoms with E-state index in [1.165, 1.54) is 0 Å². The monoisotopic (exact) mass is 486 g/mol. The van der Waals surface area contributed by atoms with Crippen LogP contribution in [-0.4, -0.2) is 19.0 Å². The number of benzene rings is 1. The van der Waals surface area contributed by atoms with Crippen LogP contribution < -0.4 is 0 Å². The molecule has 1 aromatic carbocycles. The summed E-state index contributed by atoms with van der Waals surface area (Å²) in [5, 5.41) is 9.96. The van der Waals surface area contributed by atoms with Gasteiger partial charge in [-0.05, 0) is 80.2 Å². The Hall–Kier alpha value is -0.543. The van der Waals surface area contributed by atoms with E-state index in [2.05, 4.69) is 85.1 Å². The average molecular weight is 488 g/mol. The quantitative estimate of drug-likeness (QED) is 0.275. The van der Waals surface area contributed by atoms with E-state index in [1.807, 2.05) is 12.1 Å². The Labute approximate surface area is 170 Å². The first-order valence-electron chi connectivity index (χ1n) is 8.28. The Balaban J connectivity index is 3.18. The van der Waals surface area contributed by atoms with Crippen molar-refractivity contribution in [3.8, 4) is 18.1 Å². The summed E-state index contributed by atoms with van der Waals surface area (Å²) in [4.78, 5) is 0. The fourth-order valence-corrected chi connectivity index (χ4v) is 5.17. The fourth-order valence-electron chi connectivity index (χ4n) is 2.39. The van der Waals surface area contributed by atoms with Crippen molar-refractivity contribution in [3.63, 3.8) is 0 Å². The minimum Gasteiger partial charge on any atom is -0.506 e. The van der Waals surface area contributed by atoms with Gasteiger partial charge < -0.3 is 9.53 Å². The maximum Gasteiger partial charge on any atom is 0.194 e. The first kappa shape index (κ1) is 22.5. The van der Waals surface area contributed by atoms with Gasteiger partial charge in [0.2, 0.25) is 0 Å². The van der Waals surface area contributed by atoms with Crippen LogP contribution in [0.25, 0.3) is 0 Å². The van der Waals surface area contributed by atoms with Crippen LogP contribution in [0.3, 0.4) is 0 Å². The summed E-state index contributed by atoms with van der Waals surface area (Å²) >= 11 is 6.76. The number of hydrogen-bond donors (Lipinski definition) is 1. The van der Waals surface area contributed by atoms with Crippen LogP contribution in [0.4, 0.5) is 0 Å². The van der Waals surface area contributed by atoms with Gasteiger partial charge in [-0.25, -0.2) is 0 Å². The van der Waals surface area contributed by atoms with Crippen molar-refractivity contribution in [2.45, 2.75) is 57.8 Å². The molecule has 2 atom stereocenters. The number of terminal acetylenes is 1. The van der Waals surface area contributed by atoms with Crippen molar-refractivity contribution in [1.82, 2.24) is 0 Å². The molecule has 0 spiro atoms. The number of hydrogen-bond acceptors (Lipinski definition) is 2. The van der Waals surface area contributed by atoms with Crippen molar-refractivity contribution in [3.05, 3.63) is 39.3 Å². The summed E-state index contributed by atoms with van der Waals surface area (Å²) in [7, 11) is -2.07. The third-order valence-electron chi connectivity index (χ3n) is 5.11. The van der Waals surface area contributed by atoms with Gasteiger partial charge in [0, 0.05) is 5.92 Å². The number of rotatable bonds is 6. The molecule has 138 valence electrons. The highest BCUT2D eigenvalue weighted by Crippen LogP contribution is 2.42. The van der Waals surface area contributed by atoms with Gasteiger partial charge in [0.1, 0.15) is 11.4 Å². The Morgan fingerprint density at radius 1 is 1.32 bits per heavy atom. The molecule has 0 aliphatic heterocycles. The topological polar surface area (TPSA) is 29.5 Å². The first-order valence-corrected chi connectivity index (χ1v) is 12.8. The molecule has 0 bridgehead atoms. The SMILES string of the molecule is C#CC(C=C)(O[Si](C)(C)C(C)(C)C)C(C)Cc1cc(Br)c(O)c(Br)c1. The molecular formula is C20H28Br2O2Si. The molecule has 1 rings (SSSR count). The predicted octanol–water partition coefficient (Wildman–Crippen LogP) is 6.68. The van der Waals surface area contributed by atoms with Crippen LogP contribution >= 0.6 is 31.9 Å². The van der Waals surface area contributed by atoms with Gasteiger partial charge in [-0.1, -0.05) is 40.2 Å². The highest BCUT2D eigenvalue weighted by molar-refractivity contribution is 9.11. The zero-order valence-corrected chi connectivity index (χ0v) is 20.1. The molecule has 0 fully saturated rings. The van der Waals surface area contributed by atoms with Gasteiger partial charge >= 0.3 is 0 Å². The van der Waals surface area contributed by atoms with E-state index in [4.69, 9.17) is 10.8 Å². The number of aromatic hydroxyl groups is 1. The van der Waals surface area contributed by atoms with Crippen molar-refractivity contribution in [2.24, 2.45) is 5.92 Å². The van der Waals surface area contributed by atoms with E-state index in [-0.39, 0.29) is 16.7 Å². The normalized spacial score (nSPS) is 16.0. The van der Waals surface area contributed by atoms with E-state index in [0.29, 0.717) is 15.4 Å². The molecule has 0 aliphatic carbocycles. The number of phenolic OH excluding ortho intramolecular Hbond substituents is 1. The number of halogens is 2. The van der Waals surface area contributed by atoms with Gasteiger partial charge in [-0.15, -0.1) is 6.42 Å². The van der Waals surface area contributed by atoms with Crippen LogP contribution in [0, 0.1) is 18.3 Å². The molecule has 0 radical (unpaired) electrons. The molecule has 0 aliphatic rings. The lowest BCUT2D eigenvalue weighted by Crippen LogP contribution is -2.51. The molecule has 0 amide bonds. The Bertz CT molecular complexity index is 663. The second-order valence-electron chi connectivity index (χ2n) is 8.02. The van der Waals surface area contributed by atoms with E-state index < -0.39 is 13.9 Å². The highest BCUT2D eigenvalue weighted by Gasteiger charge is 2.45. The fraction of sp³-hybridized carbons (Fsp3) is 0.500. The molecule has 0 saturated carbocycles. The Kier molecular flexibility index (Phi) is 7.20. The van der Waals surface area contributed by atoms with Crippen LogP contribution in [0.15, 0.2) is 33.7 Å². The third-order valence-corrected chi connectivity index (χ3v) is 10.8. The summed E-state index contributed by atoms with van der Waals surface area (Å²) in [5.41, 5.74) is 0.240. The molecule has 25 heavy (non-hydrogen) atoms. The summed E-state index contributed by atoms with van der Waals surface area (Å²) < 4.78 is 7.92.